The van der Waals surface area contributed by atoms with Gasteiger partial charge in [-0.05, 0) is 29.3 Å². The zero-order valence-corrected chi connectivity index (χ0v) is 7.86. The van der Waals surface area contributed by atoms with Crippen molar-refractivity contribution in [1.82, 2.24) is 20.6 Å². The minimum absolute atomic E-state index is 0.617. The third-order valence-electron chi connectivity index (χ3n) is 2.08. The summed E-state index contributed by atoms with van der Waals surface area (Å²) in [5.41, 5.74) is 3.16. The SMILES string of the molecule is C=Cc1ccc(C)c(-c2nn[nH]n2)c1. The Labute approximate surface area is 81.7 Å². The van der Waals surface area contributed by atoms with Gasteiger partial charge in [-0.15, -0.1) is 10.2 Å². The molecule has 0 atom stereocenters. The molecule has 0 aliphatic rings. The van der Waals surface area contributed by atoms with Crippen LogP contribution in [0.25, 0.3) is 17.5 Å². The molecule has 70 valence electrons. The molecule has 0 aliphatic carbocycles. The van der Waals surface area contributed by atoms with E-state index < -0.39 is 0 Å². The van der Waals surface area contributed by atoms with Gasteiger partial charge in [0.25, 0.3) is 0 Å². The van der Waals surface area contributed by atoms with Crippen molar-refractivity contribution in [1.29, 1.82) is 0 Å². The van der Waals surface area contributed by atoms with Crippen molar-refractivity contribution in [2.45, 2.75) is 6.92 Å². The third-order valence-corrected chi connectivity index (χ3v) is 2.08. The van der Waals surface area contributed by atoms with Crippen LogP contribution in [0, 0.1) is 6.92 Å². The van der Waals surface area contributed by atoms with Crippen LogP contribution in [0.15, 0.2) is 24.8 Å². The van der Waals surface area contributed by atoms with E-state index in [1.165, 1.54) is 0 Å². The van der Waals surface area contributed by atoms with Crippen LogP contribution in [-0.4, -0.2) is 20.6 Å². The molecule has 0 radical (unpaired) electrons. The van der Waals surface area contributed by atoms with E-state index in [1.807, 2.05) is 25.1 Å². The van der Waals surface area contributed by atoms with E-state index >= 15 is 0 Å². The summed E-state index contributed by atoms with van der Waals surface area (Å²) in [5, 5.41) is 13.9. The van der Waals surface area contributed by atoms with E-state index in [4.69, 9.17) is 0 Å². The Bertz CT molecular complexity index is 445. The summed E-state index contributed by atoms with van der Waals surface area (Å²) < 4.78 is 0. The molecule has 0 amide bonds. The Balaban J connectivity index is 2.57. The van der Waals surface area contributed by atoms with E-state index in [0.717, 1.165) is 16.7 Å². The fraction of sp³-hybridized carbons (Fsp3) is 0.100. The number of rotatable bonds is 2. The summed E-state index contributed by atoms with van der Waals surface area (Å²) in [6.45, 7) is 5.73. The number of hydrogen-bond acceptors (Lipinski definition) is 3. The quantitative estimate of drug-likeness (QED) is 0.778. The summed E-state index contributed by atoms with van der Waals surface area (Å²) in [4.78, 5) is 0. The molecule has 1 aromatic heterocycles. The maximum absolute atomic E-state index is 3.94. The van der Waals surface area contributed by atoms with Gasteiger partial charge in [-0.25, -0.2) is 0 Å². The largest absolute Gasteiger partial charge is 0.204 e. The number of nitrogens with zero attached hydrogens (tertiary/aromatic N) is 3. The van der Waals surface area contributed by atoms with E-state index in [0.29, 0.717) is 5.82 Å². The lowest BCUT2D eigenvalue weighted by Gasteiger charge is -2.01. The first-order chi connectivity index (χ1) is 6.81. The van der Waals surface area contributed by atoms with Gasteiger partial charge < -0.3 is 0 Å². The van der Waals surface area contributed by atoms with Gasteiger partial charge in [0.05, 0.1) is 0 Å². The van der Waals surface area contributed by atoms with Crippen LogP contribution in [0.2, 0.25) is 0 Å². The van der Waals surface area contributed by atoms with Crippen LogP contribution in [0.5, 0.6) is 0 Å². The fourth-order valence-electron chi connectivity index (χ4n) is 1.28. The number of benzene rings is 1. The topological polar surface area (TPSA) is 54.5 Å². The number of aryl methyl sites for hydroxylation is 1. The molecule has 1 heterocycles. The highest BCUT2D eigenvalue weighted by atomic mass is 15.5. The van der Waals surface area contributed by atoms with Crippen molar-refractivity contribution in [3.63, 3.8) is 0 Å². The molecule has 0 fully saturated rings. The smallest absolute Gasteiger partial charge is 0.177 e. The van der Waals surface area contributed by atoms with Crippen molar-refractivity contribution in [2.75, 3.05) is 0 Å². The number of tetrazole rings is 1. The molecule has 1 aromatic carbocycles. The van der Waals surface area contributed by atoms with Crippen LogP contribution in [0.3, 0.4) is 0 Å². The highest BCUT2D eigenvalue weighted by Gasteiger charge is 2.06. The summed E-state index contributed by atoms with van der Waals surface area (Å²) in [7, 11) is 0. The highest BCUT2D eigenvalue weighted by molar-refractivity contribution is 5.64. The molecule has 0 saturated carbocycles. The Morgan fingerprint density at radius 1 is 1.43 bits per heavy atom. The van der Waals surface area contributed by atoms with Gasteiger partial charge in [-0.2, -0.15) is 5.21 Å². The molecule has 0 bridgehead atoms. The summed E-state index contributed by atoms with van der Waals surface area (Å²) in [5.74, 6) is 0.617. The van der Waals surface area contributed by atoms with Crippen molar-refractivity contribution >= 4 is 6.08 Å². The number of H-pyrrole nitrogens is 1. The zero-order valence-electron chi connectivity index (χ0n) is 7.86. The first-order valence-corrected chi connectivity index (χ1v) is 4.28. The van der Waals surface area contributed by atoms with Crippen LogP contribution in [0.4, 0.5) is 0 Å². The van der Waals surface area contributed by atoms with Crippen LogP contribution in [-0.2, 0) is 0 Å². The maximum Gasteiger partial charge on any atom is 0.204 e. The molecular weight excluding hydrogens is 176 g/mol. The van der Waals surface area contributed by atoms with Gasteiger partial charge in [-0.1, -0.05) is 24.8 Å². The molecule has 2 rings (SSSR count). The summed E-state index contributed by atoms with van der Waals surface area (Å²) in [6.07, 6.45) is 1.79. The first kappa shape index (κ1) is 8.62. The molecule has 0 saturated heterocycles. The number of hydrogen-bond donors (Lipinski definition) is 1. The van der Waals surface area contributed by atoms with Gasteiger partial charge >= 0.3 is 0 Å². The number of nitrogens with one attached hydrogen (secondary N) is 1. The molecular formula is C10H10N4. The van der Waals surface area contributed by atoms with E-state index in [-0.39, 0.29) is 0 Å². The molecule has 0 unspecified atom stereocenters. The highest BCUT2D eigenvalue weighted by Crippen LogP contribution is 2.20. The minimum atomic E-state index is 0.617. The Morgan fingerprint density at radius 3 is 2.93 bits per heavy atom. The van der Waals surface area contributed by atoms with Crippen LogP contribution >= 0.6 is 0 Å². The van der Waals surface area contributed by atoms with E-state index in [9.17, 15) is 0 Å². The van der Waals surface area contributed by atoms with Gasteiger partial charge in [0, 0.05) is 5.56 Å². The van der Waals surface area contributed by atoms with Gasteiger partial charge in [0.1, 0.15) is 0 Å². The minimum Gasteiger partial charge on any atom is -0.177 e. The van der Waals surface area contributed by atoms with Crippen molar-refractivity contribution in [2.24, 2.45) is 0 Å². The predicted octanol–water partition coefficient (Wildman–Crippen LogP) is 1.82. The van der Waals surface area contributed by atoms with Crippen LogP contribution < -0.4 is 0 Å². The Hall–Kier alpha value is -1.97. The molecule has 2 aromatic rings. The van der Waals surface area contributed by atoms with Gasteiger partial charge in [-0.3, -0.25) is 0 Å². The molecule has 1 N–H and O–H groups in total. The second kappa shape index (κ2) is 3.41. The second-order valence-corrected chi connectivity index (χ2v) is 3.01. The van der Waals surface area contributed by atoms with E-state index in [2.05, 4.69) is 27.2 Å². The van der Waals surface area contributed by atoms with Gasteiger partial charge in [0.15, 0.2) is 0 Å². The van der Waals surface area contributed by atoms with E-state index in [1.54, 1.807) is 6.08 Å². The summed E-state index contributed by atoms with van der Waals surface area (Å²) in [6, 6.07) is 6.02. The zero-order chi connectivity index (χ0) is 9.97. The van der Waals surface area contributed by atoms with Crippen molar-refractivity contribution in [3.8, 4) is 11.4 Å². The molecule has 4 nitrogen and oxygen atoms in total. The normalized spacial score (nSPS) is 10.1. The Kier molecular flexibility index (Phi) is 2.10. The van der Waals surface area contributed by atoms with Crippen LogP contribution in [0.1, 0.15) is 11.1 Å². The van der Waals surface area contributed by atoms with Crippen molar-refractivity contribution in [3.05, 3.63) is 35.9 Å². The second-order valence-electron chi connectivity index (χ2n) is 3.01. The molecule has 0 spiro atoms. The average Bonchev–Trinajstić information content (AvgIpc) is 2.71. The maximum atomic E-state index is 3.94. The molecule has 0 aliphatic heterocycles. The van der Waals surface area contributed by atoms with Gasteiger partial charge in [0.2, 0.25) is 5.82 Å². The molecule has 4 heteroatoms. The first-order valence-electron chi connectivity index (χ1n) is 4.28. The standard InChI is InChI=1S/C10H10N4/c1-3-8-5-4-7(2)9(6-8)10-11-13-14-12-10/h3-6H,1H2,2H3,(H,11,12,13,14). The number of aromatic amines is 1. The lowest BCUT2D eigenvalue weighted by atomic mass is 10.0. The Morgan fingerprint density at radius 2 is 2.29 bits per heavy atom. The average molecular weight is 186 g/mol. The monoisotopic (exact) mass is 186 g/mol. The lowest BCUT2D eigenvalue weighted by molar-refractivity contribution is 0.881. The predicted molar refractivity (Wildman–Crippen MR) is 54.4 cm³/mol. The molecule has 14 heavy (non-hydrogen) atoms. The third kappa shape index (κ3) is 1.42. The van der Waals surface area contributed by atoms with Crippen molar-refractivity contribution < 1.29 is 0 Å². The lowest BCUT2D eigenvalue weighted by Crippen LogP contribution is -1.87. The number of aromatic nitrogens is 4. The summed E-state index contributed by atoms with van der Waals surface area (Å²) >= 11 is 0. The fourth-order valence-corrected chi connectivity index (χ4v) is 1.28.